The molecule has 1 fully saturated rings. The normalized spacial score (nSPS) is 17.7. The van der Waals surface area contributed by atoms with Gasteiger partial charge in [0.05, 0.1) is 29.7 Å². The van der Waals surface area contributed by atoms with Crippen LogP contribution in [-0.4, -0.2) is 31.3 Å². The van der Waals surface area contributed by atoms with E-state index in [9.17, 15) is 9.18 Å². The van der Waals surface area contributed by atoms with E-state index in [0.29, 0.717) is 6.54 Å². The van der Waals surface area contributed by atoms with Crippen LogP contribution in [0.15, 0.2) is 72.9 Å². The largest absolute Gasteiger partial charge is 0.335 e. The van der Waals surface area contributed by atoms with E-state index in [4.69, 9.17) is 5.10 Å². The minimum absolute atomic E-state index is 0.0984. The average Bonchev–Trinajstić information content (AvgIpc) is 3.60. The number of fused-ring (bicyclic) bond motifs is 3. The maximum Gasteiger partial charge on any atom is 0.318 e. The molecular formula is C28H28FN5O. The molecule has 6 nitrogen and oxygen atoms in total. The highest BCUT2D eigenvalue weighted by Gasteiger charge is 2.36. The summed E-state index contributed by atoms with van der Waals surface area (Å²) >= 11 is 0. The highest BCUT2D eigenvalue weighted by atomic mass is 19.1. The number of hydrogen-bond donors (Lipinski definition) is 1. The van der Waals surface area contributed by atoms with Crippen LogP contribution in [0.2, 0.25) is 0 Å². The second-order valence-corrected chi connectivity index (χ2v) is 9.45. The first-order chi connectivity index (χ1) is 17.1. The number of urea groups is 1. The molecule has 6 rings (SSSR count). The highest BCUT2D eigenvalue weighted by molar-refractivity contribution is 5.76. The third kappa shape index (κ3) is 3.81. The van der Waals surface area contributed by atoms with Crippen LogP contribution in [0.3, 0.4) is 0 Å². The summed E-state index contributed by atoms with van der Waals surface area (Å²) in [6.07, 6.45) is 6.31. The van der Waals surface area contributed by atoms with E-state index in [2.05, 4.69) is 9.88 Å². The van der Waals surface area contributed by atoms with Crippen molar-refractivity contribution in [1.82, 2.24) is 24.6 Å². The maximum absolute atomic E-state index is 13.8. The van der Waals surface area contributed by atoms with E-state index in [1.54, 1.807) is 12.1 Å². The minimum atomic E-state index is -0.372. The first-order valence-electron chi connectivity index (χ1n) is 12.2. The predicted octanol–water partition coefficient (Wildman–Crippen LogP) is 5.67. The Hall–Kier alpha value is -3.87. The molecule has 178 valence electrons. The van der Waals surface area contributed by atoms with Crippen molar-refractivity contribution in [2.45, 2.75) is 51.2 Å². The summed E-state index contributed by atoms with van der Waals surface area (Å²) in [5.74, 6) is 0.635. The number of carbonyl (C=O) groups excluding carboxylic acids is 1. The molecule has 4 aromatic rings. The number of rotatable bonds is 3. The lowest BCUT2D eigenvalue weighted by atomic mass is 10.0. The summed E-state index contributed by atoms with van der Waals surface area (Å²) in [5.41, 5.74) is 4.64. The number of nitrogens with one attached hydrogen (secondary N) is 1. The molecule has 2 aromatic carbocycles. The van der Waals surface area contributed by atoms with Crippen LogP contribution in [0.5, 0.6) is 0 Å². The second-order valence-electron chi connectivity index (χ2n) is 9.45. The molecule has 1 atom stereocenters. The van der Waals surface area contributed by atoms with Crippen LogP contribution < -0.4 is 5.32 Å². The number of hydrogen-bond acceptors (Lipinski definition) is 2. The van der Waals surface area contributed by atoms with Crippen LogP contribution in [0.25, 0.3) is 11.5 Å². The summed E-state index contributed by atoms with van der Waals surface area (Å²) in [4.78, 5) is 15.7. The second kappa shape index (κ2) is 8.73. The SMILES string of the molecule is Cc1nn(-c2ccccc2)c2c1CN(C(=O)NC1CCCC1)[C@H](c1ccc(F)cc1)c1cccn1-2. The van der Waals surface area contributed by atoms with Gasteiger partial charge in [-0.1, -0.05) is 43.2 Å². The van der Waals surface area contributed by atoms with Crippen LogP contribution in [0.1, 0.15) is 54.2 Å². The maximum atomic E-state index is 13.8. The Morgan fingerprint density at radius 2 is 1.74 bits per heavy atom. The summed E-state index contributed by atoms with van der Waals surface area (Å²) in [6, 6.07) is 20.3. The molecule has 2 amide bonds. The fourth-order valence-electron chi connectivity index (χ4n) is 5.47. The predicted molar refractivity (Wildman–Crippen MR) is 132 cm³/mol. The third-order valence-corrected chi connectivity index (χ3v) is 7.22. The van der Waals surface area contributed by atoms with Gasteiger partial charge in [-0.15, -0.1) is 0 Å². The molecule has 2 aromatic heterocycles. The number of benzene rings is 2. The third-order valence-electron chi connectivity index (χ3n) is 7.22. The van der Waals surface area contributed by atoms with Gasteiger partial charge < -0.3 is 14.8 Å². The standard InChI is InChI=1S/C28H28FN5O/c1-19-24-18-33(28(35)30-22-8-5-6-9-22)26(20-13-15-21(29)16-14-20)25-12-7-17-32(25)27(24)34(31-19)23-10-3-2-4-11-23/h2-4,7,10-17,22,26H,5-6,8-9,18H2,1H3,(H,30,35)/t26-/m1/s1. The van der Waals surface area contributed by atoms with E-state index in [0.717, 1.165) is 59.7 Å². The number of aromatic nitrogens is 3. The lowest BCUT2D eigenvalue weighted by Crippen LogP contribution is -2.45. The molecular weight excluding hydrogens is 441 g/mol. The van der Waals surface area contributed by atoms with Gasteiger partial charge in [0.2, 0.25) is 0 Å². The summed E-state index contributed by atoms with van der Waals surface area (Å²) < 4.78 is 17.9. The average molecular weight is 470 g/mol. The Balaban J connectivity index is 1.53. The fourth-order valence-corrected chi connectivity index (χ4v) is 5.47. The summed E-state index contributed by atoms with van der Waals surface area (Å²) in [5, 5.41) is 8.15. The molecule has 1 N–H and O–H groups in total. The van der Waals surface area contributed by atoms with Gasteiger partial charge >= 0.3 is 6.03 Å². The van der Waals surface area contributed by atoms with Crippen molar-refractivity contribution in [2.24, 2.45) is 0 Å². The Morgan fingerprint density at radius 1 is 1.00 bits per heavy atom. The van der Waals surface area contributed by atoms with E-state index < -0.39 is 0 Å². The molecule has 1 saturated carbocycles. The number of amides is 2. The van der Waals surface area contributed by atoms with Gasteiger partial charge in [-0.25, -0.2) is 13.9 Å². The fraction of sp³-hybridized carbons (Fsp3) is 0.286. The molecule has 0 unspecified atom stereocenters. The van der Waals surface area contributed by atoms with Gasteiger partial charge in [0, 0.05) is 17.8 Å². The van der Waals surface area contributed by atoms with Crippen molar-refractivity contribution < 1.29 is 9.18 Å². The van der Waals surface area contributed by atoms with E-state index in [1.807, 2.05) is 65.2 Å². The molecule has 0 bridgehead atoms. The molecule has 1 aliphatic carbocycles. The molecule has 0 spiro atoms. The summed E-state index contributed by atoms with van der Waals surface area (Å²) in [7, 11) is 0. The molecule has 35 heavy (non-hydrogen) atoms. The lowest BCUT2D eigenvalue weighted by Gasteiger charge is -2.32. The molecule has 2 aliphatic rings. The zero-order valence-corrected chi connectivity index (χ0v) is 19.7. The zero-order valence-electron chi connectivity index (χ0n) is 19.7. The van der Waals surface area contributed by atoms with Gasteiger partial charge in [-0.2, -0.15) is 5.10 Å². The van der Waals surface area contributed by atoms with Gasteiger partial charge in [0.15, 0.2) is 0 Å². The van der Waals surface area contributed by atoms with Crippen molar-refractivity contribution in [3.05, 3.63) is 101 Å². The first kappa shape index (κ1) is 21.6. The highest BCUT2D eigenvalue weighted by Crippen LogP contribution is 2.38. The van der Waals surface area contributed by atoms with Gasteiger partial charge in [0.1, 0.15) is 11.6 Å². The Bertz CT molecular complexity index is 1350. The monoisotopic (exact) mass is 469 g/mol. The van der Waals surface area contributed by atoms with Crippen molar-refractivity contribution in [3.63, 3.8) is 0 Å². The van der Waals surface area contributed by atoms with Crippen LogP contribution in [-0.2, 0) is 6.54 Å². The molecule has 1 aliphatic heterocycles. The Morgan fingerprint density at radius 3 is 2.49 bits per heavy atom. The Labute approximate surface area is 204 Å². The van der Waals surface area contributed by atoms with Crippen molar-refractivity contribution >= 4 is 6.03 Å². The smallest absolute Gasteiger partial charge is 0.318 e. The van der Waals surface area contributed by atoms with Crippen LogP contribution in [0, 0.1) is 12.7 Å². The first-order valence-corrected chi connectivity index (χ1v) is 12.2. The molecule has 3 heterocycles. The zero-order chi connectivity index (χ0) is 23.9. The number of halogens is 1. The quantitative estimate of drug-likeness (QED) is 0.420. The van der Waals surface area contributed by atoms with Gasteiger partial charge in [-0.3, -0.25) is 0 Å². The lowest BCUT2D eigenvalue weighted by molar-refractivity contribution is 0.176. The van der Waals surface area contributed by atoms with Gasteiger partial charge in [-0.05, 0) is 61.7 Å². The molecule has 0 radical (unpaired) electrons. The number of para-hydroxylation sites is 1. The molecule has 0 saturated heterocycles. The number of carbonyl (C=O) groups is 1. The summed E-state index contributed by atoms with van der Waals surface area (Å²) in [6.45, 7) is 2.39. The van der Waals surface area contributed by atoms with Crippen LogP contribution in [0.4, 0.5) is 9.18 Å². The van der Waals surface area contributed by atoms with Gasteiger partial charge in [0.25, 0.3) is 0 Å². The van der Waals surface area contributed by atoms with E-state index in [1.165, 1.54) is 12.1 Å². The number of nitrogens with zero attached hydrogens (tertiary/aromatic N) is 4. The van der Waals surface area contributed by atoms with Crippen molar-refractivity contribution in [1.29, 1.82) is 0 Å². The van der Waals surface area contributed by atoms with Crippen LogP contribution >= 0.6 is 0 Å². The molecule has 7 heteroatoms. The Kier molecular flexibility index (Phi) is 5.40. The van der Waals surface area contributed by atoms with Crippen molar-refractivity contribution in [3.8, 4) is 11.5 Å². The number of aryl methyl sites for hydroxylation is 1. The minimum Gasteiger partial charge on any atom is -0.335 e. The van der Waals surface area contributed by atoms with Crippen molar-refractivity contribution in [2.75, 3.05) is 0 Å². The topological polar surface area (TPSA) is 55.1 Å². The van der Waals surface area contributed by atoms with E-state index in [-0.39, 0.29) is 23.9 Å². The van der Waals surface area contributed by atoms with E-state index >= 15 is 0 Å².